The molecule has 0 radical (unpaired) electrons. The Bertz CT molecular complexity index is 238. The van der Waals surface area contributed by atoms with Gasteiger partial charge in [-0.3, -0.25) is 0 Å². The SMILES string of the molecule is CC(=O)CCC1CCOC2(CCOCC2)C1. The molecule has 92 valence electrons. The molecule has 2 aliphatic rings. The molecule has 1 spiro atoms. The molecule has 1 unspecified atom stereocenters. The average molecular weight is 226 g/mol. The van der Waals surface area contributed by atoms with Gasteiger partial charge in [0.2, 0.25) is 0 Å². The van der Waals surface area contributed by atoms with Crippen molar-refractivity contribution in [3.05, 3.63) is 0 Å². The Morgan fingerprint density at radius 3 is 2.75 bits per heavy atom. The third-order valence-corrected chi connectivity index (χ3v) is 3.90. The summed E-state index contributed by atoms with van der Waals surface area (Å²) in [5.41, 5.74) is 0.0813. The van der Waals surface area contributed by atoms with Gasteiger partial charge in [0.15, 0.2) is 0 Å². The van der Waals surface area contributed by atoms with Gasteiger partial charge in [0.05, 0.1) is 5.60 Å². The molecule has 0 aromatic carbocycles. The maximum Gasteiger partial charge on any atom is 0.129 e. The summed E-state index contributed by atoms with van der Waals surface area (Å²) in [6.07, 6.45) is 6.09. The van der Waals surface area contributed by atoms with Crippen LogP contribution >= 0.6 is 0 Å². The third-order valence-electron chi connectivity index (χ3n) is 3.90. The molecule has 16 heavy (non-hydrogen) atoms. The van der Waals surface area contributed by atoms with E-state index in [1.807, 2.05) is 0 Å². The Morgan fingerprint density at radius 1 is 1.31 bits per heavy atom. The van der Waals surface area contributed by atoms with Gasteiger partial charge in [0, 0.05) is 26.2 Å². The summed E-state index contributed by atoms with van der Waals surface area (Å²) >= 11 is 0. The van der Waals surface area contributed by atoms with E-state index >= 15 is 0 Å². The fourth-order valence-corrected chi connectivity index (χ4v) is 2.87. The van der Waals surface area contributed by atoms with Crippen molar-refractivity contribution in [1.29, 1.82) is 0 Å². The zero-order valence-electron chi connectivity index (χ0n) is 10.2. The van der Waals surface area contributed by atoms with Gasteiger partial charge in [-0.05, 0) is 44.9 Å². The molecule has 2 aliphatic heterocycles. The van der Waals surface area contributed by atoms with Crippen molar-refractivity contribution in [2.45, 2.75) is 51.0 Å². The Kier molecular flexibility index (Phi) is 3.98. The molecule has 0 amide bonds. The Hall–Kier alpha value is -0.410. The van der Waals surface area contributed by atoms with E-state index in [0.29, 0.717) is 11.7 Å². The van der Waals surface area contributed by atoms with E-state index in [1.165, 1.54) is 0 Å². The highest BCUT2D eigenvalue weighted by molar-refractivity contribution is 5.75. The molecule has 2 saturated heterocycles. The second kappa shape index (κ2) is 5.28. The summed E-state index contributed by atoms with van der Waals surface area (Å²) in [7, 11) is 0. The maximum absolute atomic E-state index is 11.0. The first-order chi connectivity index (χ1) is 7.70. The molecule has 0 aliphatic carbocycles. The fourth-order valence-electron chi connectivity index (χ4n) is 2.87. The predicted molar refractivity (Wildman–Crippen MR) is 61.4 cm³/mol. The molecule has 0 aromatic rings. The summed E-state index contributed by atoms with van der Waals surface area (Å²) in [5, 5.41) is 0. The van der Waals surface area contributed by atoms with Crippen molar-refractivity contribution in [2.24, 2.45) is 5.92 Å². The van der Waals surface area contributed by atoms with Crippen LogP contribution < -0.4 is 0 Å². The Balaban J connectivity index is 1.85. The number of ketones is 1. The van der Waals surface area contributed by atoms with Crippen LogP contribution in [0.1, 0.15) is 45.4 Å². The molecule has 0 saturated carbocycles. The van der Waals surface area contributed by atoms with Crippen LogP contribution in [0.4, 0.5) is 0 Å². The zero-order chi connectivity index (χ0) is 11.4. The van der Waals surface area contributed by atoms with Crippen LogP contribution in [0.3, 0.4) is 0 Å². The van der Waals surface area contributed by atoms with Gasteiger partial charge in [-0.2, -0.15) is 0 Å². The van der Waals surface area contributed by atoms with Crippen LogP contribution in [0.5, 0.6) is 0 Å². The lowest BCUT2D eigenvalue weighted by Crippen LogP contribution is -2.44. The van der Waals surface area contributed by atoms with Gasteiger partial charge in [-0.25, -0.2) is 0 Å². The summed E-state index contributed by atoms with van der Waals surface area (Å²) in [6, 6.07) is 0. The molecular weight excluding hydrogens is 204 g/mol. The maximum atomic E-state index is 11.0. The predicted octanol–water partition coefficient (Wildman–Crippen LogP) is 2.33. The molecule has 0 N–H and O–H groups in total. The lowest BCUT2D eigenvalue weighted by atomic mass is 9.79. The first-order valence-electron chi connectivity index (χ1n) is 6.41. The van der Waals surface area contributed by atoms with Crippen molar-refractivity contribution in [2.75, 3.05) is 19.8 Å². The normalized spacial score (nSPS) is 29.2. The molecule has 2 rings (SSSR count). The molecule has 0 bridgehead atoms. The van der Waals surface area contributed by atoms with Crippen molar-refractivity contribution in [1.82, 2.24) is 0 Å². The monoisotopic (exact) mass is 226 g/mol. The highest BCUT2D eigenvalue weighted by Gasteiger charge is 2.38. The lowest BCUT2D eigenvalue weighted by molar-refractivity contribution is -0.148. The molecule has 1 atom stereocenters. The van der Waals surface area contributed by atoms with Crippen molar-refractivity contribution >= 4 is 5.78 Å². The van der Waals surface area contributed by atoms with E-state index in [9.17, 15) is 4.79 Å². The van der Waals surface area contributed by atoms with Gasteiger partial charge in [0.1, 0.15) is 5.78 Å². The minimum Gasteiger partial charge on any atom is -0.381 e. The van der Waals surface area contributed by atoms with Crippen LogP contribution in [-0.4, -0.2) is 31.2 Å². The van der Waals surface area contributed by atoms with E-state index < -0.39 is 0 Å². The van der Waals surface area contributed by atoms with Gasteiger partial charge in [-0.15, -0.1) is 0 Å². The number of hydrogen-bond donors (Lipinski definition) is 0. The van der Waals surface area contributed by atoms with Crippen LogP contribution in [-0.2, 0) is 14.3 Å². The number of carbonyl (C=O) groups excluding carboxylic acids is 1. The van der Waals surface area contributed by atoms with E-state index in [1.54, 1.807) is 6.92 Å². The topological polar surface area (TPSA) is 35.5 Å². The van der Waals surface area contributed by atoms with Gasteiger partial charge < -0.3 is 14.3 Å². The number of ether oxygens (including phenoxy) is 2. The largest absolute Gasteiger partial charge is 0.381 e. The van der Waals surface area contributed by atoms with E-state index in [0.717, 1.165) is 58.3 Å². The minimum atomic E-state index is 0.0813. The minimum absolute atomic E-state index is 0.0813. The molecule has 2 heterocycles. The van der Waals surface area contributed by atoms with E-state index in [4.69, 9.17) is 9.47 Å². The summed E-state index contributed by atoms with van der Waals surface area (Å²) in [4.78, 5) is 11.0. The second-order valence-electron chi connectivity index (χ2n) is 5.24. The molecule has 2 fully saturated rings. The molecule has 3 heteroatoms. The van der Waals surface area contributed by atoms with Crippen LogP contribution in [0.2, 0.25) is 0 Å². The highest BCUT2D eigenvalue weighted by Crippen LogP contribution is 2.38. The van der Waals surface area contributed by atoms with Crippen LogP contribution in [0, 0.1) is 5.92 Å². The standard InChI is InChI=1S/C13H22O3/c1-11(14)2-3-12-4-7-16-13(10-12)5-8-15-9-6-13/h12H,2-10H2,1H3. The average Bonchev–Trinajstić information content (AvgIpc) is 2.28. The molecular formula is C13H22O3. The summed E-state index contributed by atoms with van der Waals surface area (Å²) < 4.78 is 11.4. The first kappa shape index (κ1) is 12.1. The molecule has 3 nitrogen and oxygen atoms in total. The van der Waals surface area contributed by atoms with Crippen molar-refractivity contribution in [3.63, 3.8) is 0 Å². The molecule has 0 aromatic heterocycles. The number of hydrogen-bond acceptors (Lipinski definition) is 3. The third kappa shape index (κ3) is 3.05. The lowest BCUT2D eigenvalue weighted by Gasteiger charge is -2.43. The smallest absolute Gasteiger partial charge is 0.129 e. The zero-order valence-corrected chi connectivity index (χ0v) is 10.2. The summed E-state index contributed by atoms with van der Waals surface area (Å²) in [6.45, 7) is 4.21. The highest BCUT2D eigenvalue weighted by atomic mass is 16.5. The van der Waals surface area contributed by atoms with Crippen LogP contribution in [0.25, 0.3) is 0 Å². The van der Waals surface area contributed by atoms with Gasteiger partial charge >= 0.3 is 0 Å². The fraction of sp³-hybridized carbons (Fsp3) is 0.923. The summed E-state index contributed by atoms with van der Waals surface area (Å²) in [5.74, 6) is 0.989. The first-order valence-corrected chi connectivity index (χ1v) is 6.41. The Morgan fingerprint density at radius 2 is 2.06 bits per heavy atom. The second-order valence-corrected chi connectivity index (χ2v) is 5.24. The van der Waals surface area contributed by atoms with Gasteiger partial charge in [-0.1, -0.05) is 0 Å². The van der Waals surface area contributed by atoms with Gasteiger partial charge in [0.25, 0.3) is 0 Å². The van der Waals surface area contributed by atoms with E-state index in [2.05, 4.69) is 0 Å². The van der Waals surface area contributed by atoms with Crippen molar-refractivity contribution in [3.8, 4) is 0 Å². The Labute approximate surface area is 97.5 Å². The number of rotatable bonds is 3. The quantitative estimate of drug-likeness (QED) is 0.741. The number of carbonyl (C=O) groups is 1. The van der Waals surface area contributed by atoms with E-state index in [-0.39, 0.29) is 5.60 Å². The number of Topliss-reactive ketones (excluding diaryl/α,β-unsaturated/α-hetero) is 1. The van der Waals surface area contributed by atoms with Crippen LogP contribution in [0.15, 0.2) is 0 Å². The van der Waals surface area contributed by atoms with Crippen molar-refractivity contribution < 1.29 is 14.3 Å².